The average molecular weight is 373 g/mol. The fourth-order valence-corrected chi connectivity index (χ4v) is 2.17. The van der Waals surface area contributed by atoms with E-state index in [9.17, 15) is 9.18 Å². The first-order chi connectivity index (χ1) is 13.0. The molecule has 9 nitrogen and oxygen atoms in total. The second-order valence-electron chi connectivity index (χ2n) is 5.48. The molecule has 0 spiro atoms. The number of nitrogens with one attached hydrogen (secondary N) is 1. The maximum atomic E-state index is 12.9. The number of hydrogen-bond acceptors (Lipinski definition) is 7. The predicted octanol–water partition coefficient (Wildman–Crippen LogP) is 2.82. The standard InChI is InChI=1S/C17H16FN5O4/c18-12-1-5-14(6-2-12)27-15-7-3-13(4-8-15)20-16(24)9-10-22-11-19-17(21-22)23(25)26/h1-8,11,25-26H,9-10H2,(H,20,24). The van der Waals surface area contributed by atoms with E-state index in [1.54, 1.807) is 24.3 Å². The molecule has 0 aliphatic rings. The van der Waals surface area contributed by atoms with Crippen LogP contribution in [-0.4, -0.2) is 31.1 Å². The zero-order chi connectivity index (χ0) is 19.2. The summed E-state index contributed by atoms with van der Waals surface area (Å²) in [6.45, 7) is 0.221. The normalized spacial score (nSPS) is 10.5. The van der Waals surface area contributed by atoms with Crippen LogP contribution < -0.4 is 15.3 Å². The lowest BCUT2D eigenvalue weighted by atomic mass is 10.3. The third kappa shape index (κ3) is 5.23. The van der Waals surface area contributed by atoms with Crippen LogP contribution in [0.15, 0.2) is 54.9 Å². The summed E-state index contributed by atoms with van der Waals surface area (Å²) in [4.78, 5) is 15.6. The number of aryl methyl sites for hydroxylation is 1. The van der Waals surface area contributed by atoms with Crippen molar-refractivity contribution in [1.29, 1.82) is 0 Å². The van der Waals surface area contributed by atoms with Crippen molar-refractivity contribution in [2.24, 2.45) is 0 Å². The van der Waals surface area contributed by atoms with E-state index in [0.717, 1.165) is 0 Å². The van der Waals surface area contributed by atoms with E-state index in [-0.39, 0.29) is 35.9 Å². The van der Waals surface area contributed by atoms with Crippen LogP contribution in [0.5, 0.6) is 11.5 Å². The quantitative estimate of drug-likeness (QED) is 0.546. The number of anilines is 2. The van der Waals surface area contributed by atoms with Crippen molar-refractivity contribution in [2.75, 3.05) is 10.5 Å². The van der Waals surface area contributed by atoms with Crippen LogP contribution in [0.25, 0.3) is 0 Å². The Morgan fingerprint density at radius 2 is 1.74 bits per heavy atom. The monoisotopic (exact) mass is 373 g/mol. The molecule has 0 radical (unpaired) electrons. The lowest BCUT2D eigenvalue weighted by Gasteiger charge is -2.08. The van der Waals surface area contributed by atoms with Gasteiger partial charge in [0.05, 0.1) is 6.54 Å². The third-order valence-electron chi connectivity index (χ3n) is 3.46. The summed E-state index contributed by atoms with van der Waals surface area (Å²) in [5.41, 5.74) is 0.586. The van der Waals surface area contributed by atoms with Crippen LogP contribution in [0.1, 0.15) is 6.42 Å². The average Bonchev–Trinajstić information content (AvgIpc) is 3.13. The molecule has 0 fully saturated rings. The smallest absolute Gasteiger partial charge is 0.295 e. The Kier molecular flexibility index (Phi) is 5.59. The first kappa shape index (κ1) is 18.3. The Balaban J connectivity index is 1.49. The molecular weight excluding hydrogens is 357 g/mol. The maximum absolute atomic E-state index is 12.9. The lowest BCUT2D eigenvalue weighted by Crippen LogP contribution is -2.16. The van der Waals surface area contributed by atoms with Gasteiger partial charge in [-0.2, -0.15) is 4.98 Å². The number of carbonyl (C=O) groups excluding carboxylic acids is 1. The van der Waals surface area contributed by atoms with Crippen molar-refractivity contribution in [3.05, 3.63) is 60.7 Å². The fourth-order valence-electron chi connectivity index (χ4n) is 2.17. The Bertz CT molecular complexity index is 896. The van der Waals surface area contributed by atoms with E-state index in [1.807, 2.05) is 0 Å². The number of amides is 1. The van der Waals surface area contributed by atoms with E-state index < -0.39 is 0 Å². The van der Waals surface area contributed by atoms with Crippen molar-refractivity contribution in [1.82, 2.24) is 14.8 Å². The van der Waals surface area contributed by atoms with Gasteiger partial charge in [0.2, 0.25) is 5.91 Å². The molecule has 0 saturated heterocycles. The highest BCUT2D eigenvalue weighted by atomic mass is 19.1. The number of aromatic nitrogens is 3. The number of ether oxygens (including phenoxy) is 1. The van der Waals surface area contributed by atoms with E-state index in [4.69, 9.17) is 15.2 Å². The molecule has 1 amide bonds. The minimum absolute atomic E-state index is 0.119. The molecule has 0 aliphatic carbocycles. The van der Waals surface area contributed by atoms with Crippen molar-refractivity contribution in [2.45, 2.75) is 13.0 Å². The Labute approximate surface area is 153 Å². The van der Waals surface area contributed by atoms with Gasteiger partial charge in [0.1, 0.15) is 23.6 Å². The molecule has 2 aromatic carbocycles. The van der Waals surface area contributed by atoms with Gasteiger partial charge < -0.3 is 10.1 Å². The van der Waals surface area contributed by atoms with Crippen molar-refractivity contribution >= 4 is 17.5 Å². The van der Waals surface area contributed by atoms with E-state index >= 15 is 0 Å². The second-order valence-corrected chi connectivity index (χ2v) is 5.48. The molecule has 27 heavy (non-hydrogen) atoms. The van der Waals surface area contributed by atoms with Gasteiger partial charge >= 0.3 is 0 Å². The number of carbonyl (C=O) groups is 1. The van der Waals surface area contributed by atoms with E-state index in [2.05, 4.69) is 15.4 Å². The molecule has 140 valence electrons. The highest BCUT2D eigenvalue weighted by molar-refractivity contribution is 5.90. The predicted molar refractivity (Wildman–Crippen MR) is 92.2 cm³/mol. The second kappa shape index (κ2) is 8.25. The fraction of sp³-hybridized carbons (Fsp3) is 0.118. The highest BCUT2D eigenvalue weighted by Crippen LogP contribution is 2.23. The topological polar surface area (TPSA) is 113 Å². The molecule has 0 unspecified atom stereocenters. The van der Waals surface area contributed by atoms with E-state index in [0.29, 0.717) is 17.2 Å². The zero-order valence-corrected chi connectivity index (χ0v) is 14.0. The Morgan fingerprint density at radius 1 is 1.11 bits per heavy atom. The lowest BCUT2D eigenvalue weighted by molar-refractivity contribution is -0.116. The molecule has 3 rings (SSSR count). The van der Waals surface area contributed by atoms with Crippen LogP contribution in [0.4, 0.5) is 16.0 Å². The maximum Gasteiger partial charge on any atom is 0.295 e. The molecule has 0 saturated carbocycles. The van der Waals surface area contributed by atoms with Crippen molar-refractivity contribution < 1.29 is 24.3 Å². The first-order valence-electron chi connectivity index (χ1n) is 7.90. The summed E-state index contributed by atoms with van der Waals surface area (Å²) in [7, 11) is 0. The van der Waals surface area contributed by atoms with Gasteiger partial charge in [0, 0.05) is 12.1 Å². The van der Waals surface area contributed by atoms with Gasteiger partial charge in [-0.3, -0.25) is 19.9 Å². The molecule has 1 heterocycles. The summed E-state index contributed by atoms with van der Waals surface area (Å²) >= 11 is 0. The molecule has 0 atom stereocenters. The SMILES string of the molecule is O=C(CCn1cnc(N(O)O)n1)Nc1ccc(Oc2ccc(F)cc2)cc1. The summed E-state index contributed by atoms with van der Waals surface area (Å²) in [6.07, 6.45) is 1.40. The first-order valence-corrected chi connectivity index (χ1v) is 7.90. The number of halogens is 1. The molecule has 10 heteroatoms. The van der Waals surface area contributed by atoms with Gasteiger partial charge in [0.15, 0.2) is 0 Å². The van der Waals surface area contributed by atoms with Gasteiger partial charge in [-0.25, -0.2) is 4.39 Å². The van der Waals surface area contributed by atoms with Gasteiger partial charge in [-0.1, -0.05) is 5.23 Å². The molecule has 1 aromatic heterocycles. The molecule has 3 N–H and O–H groups in total. The van der Waals surface area contributed by atoms with Crippen LogP contribution in [0.3, 0.4) is 0 Å². The zero-order valence-electron chi connectivity index (χ0n) is 14.0. The van der Waals surface area contributed by atoms with E-state index in [1.165, 1.54) is 35.3 Å². The highest BCUT2D eigenvalue weighted by Gasteiger charge is 2.08. The summed E-state index contributed by atoms with van der Waals surface area (Å²) in [5.74, 6) is 0.181. The van der Waals surface area contributed by atoms with Crippen molar-refractivity contribution in [3.63, 3.8) is 0 Å². The number of nitrogens with zero attached hydrogens (tertiary/aromatic N) is 4. The molecular formula is C17H16FN5O4. The molecule has 0 bridgehead atoms. The van der Waals surface area contributed by atoms with Crippen molar-refractivity contribution in [3.8, 4) is 11.5 Å². The van der Waals surface area contributed by atoms with Crippen LogP contribution in [0, 0.1) is 5.82 Å². The van der Waals surface area contributed by atoms with Crippen LogP contribution in [-0.2, 0) is 11.3 Å². The minimum atomic E-state index is -0.340. The van der Waals surface area contributed by atoms with Gasteiger partial charge in [0.25, 0.3) is 5.95 Å². The largest absolute Gasteiger partial charge is 0.457 e. The summed E-state index contributed by atoms with van der Waals surface area (Å²) in [6, 6.07) is 12.4. The number of benzene rings is 2. The molecule has 0 aliphatic heterocycles. The summed E-state index contributed by atoms with van der Waals surface area (Å²) in [5, 5.41) is 23.8. The van der Waals surface area contributed by atoms with Gasteiger partial charge in [-0.05, 0) is 48.5 Å². The molecule has 3 aromatic rings. The van der Waals surface area contributed by atoms with Crippen LogP contribution in [0.2, 0.25) is 0 Å². The van der Waals surface area contributed by atoms with Gasteiger partial charge in [-0.15, -0.1) is 5.10 Å². The minimum Gasteiger partial charge on any atom is -0.457 e. The number of rotatable bonds is 7. The Hall–Kier alpha value is -3.50. The number of hydrogen-bond donors (Lipinski definition) is 3. The Morgan fingerprint density at radius 3 is 2.33 bits per heavy atom. The third-order valence-corrected chi connectivity index (χ3v) is 3.46. The summed E-state index contributed by atoms with van der Waals surface area (Å²) < 4.78 is 19.8. The van der Waals surface area contributed by atoms with Crippen LogP contribution >= 0.6 is 0 Å².